The van der Waals surface area contributed by atoms with Gasteiger partial charge in [0.15, 0.2) is 0 Å². The number of likely N-dealkylation sites (N-methyl/N-ethyl adjacent to an activating group) is 1. The number of rotatable bonds is 6. The summed E-state index contributed by atoms with van der Waals surface area (Å²) >= 11 is 0. The Kier molecular flexibility index (Phi) is 4.16. The maximum Gasteiger partial charge on any atom is 0.119 e. The molecule has 0 heterocycles. The van der Waals surface area contributed by atoms with Crippen LogP contribution in [0.4, 0.5) is 5.69 Å². The van der Waals surface area contributed by atoms with Gasteiger partial charge in [-0.25, -0.2) is 0 Å². The largest absolute Gasteiger partial charge is 0.492 e. The van der Waals surface area contributed by atoms with E-state index in [1.54, 1.807) is 0 Å². The van der Waals surface area contributed by atoms with Gasteiger partial charge in [-0.3, -0.25) is 0 Å². The fourth-order valence-corrected chi connectivity index (χ4v) is 3.98. The van der Waals surface area contributed by atoms with Gasteiger partial charge in [0, 0.05) is 18.8 Å². The van der Waals surface area contributed by atoms with Crippen molar-refractivity contribution in [2.75, 3.05) is 32.5 Å². The van der Waals surface area contributed by atoms with Gasteiger partial charge in [-0.1, -0.05) is 6.42 Å². The molecular weight excluding hydrogens is 248 g/mol. The first-order chi connectivity index (χ1) is 9.70. The molecule has 110 valence electrons. The van der Waals surface area contributed by atoms with Gasteiger partial charge in [0.1, 0.15) is 12.4 Å². The Bertz CT molecular complexity index is 431. The van der Waals surface area contributed by atoms with E-state index >= 15 is 0 Å². The van der Waals surface area contributed by atoms with Crippen LogP contribution in [0.3, 0.4) is 0 Å². The Morgan fingerprint density at radius 3 is 2.65 bits per heavy atom. The molecule has 3 unspecified atom stereocenters. The Morgan fingerprint density at radius 1 is 1.20 bits per heavy atom. The van der Waals surface area contributed by atoms with Gasteiger partial charge in [-0.2, -0.15) is 0 Å². The number of hydrogen-bond acceptors (Lipinski definition) is 3. The lowest BCUT2D eigenvalue weighted by molar-refractivity contribution is 0.187. The molecule has 0 amide bonds. The SMILES string of the molecule is CN(CCOc1ccc(N)cc1)CC1CC2CCC1C2. The van der Waals surface area contributed by atoms with Gasteiger partial charge in [0.25, 0.3) is 0 Å². The quantitative estimate of drug-likeness (QED) is 0.810. The van der Waals surface area contributed by atoms with Gasteiger partial charge in [0.2, 0.25) is 0 Å². The second kappa shape index (κ2) is 6.04. The molecule has 0 aromatic heterocycles. The summed E-state index contributed by atoms with van der Waals surface area (Å²) in [7, 11) is 2.22. The van der Waals surface area contributed by atoms with E-state index in [2.05, 4.69) is 11.9 Å². The molecule has 3 atom stereocenters. The molecule has 20 heavy (non-hydrogen) atoms. The summed E-state index contributed by atoms with van der Waals surface area (Å²) in [6, 6.07) is 7.64. The van der Waals surface area contributed by atoms with Crippen LogP contribution in [0.15, 0.2) is 24.3 Å². The molecule has 3 nitrogen and oxygen atoms in total. The molecule has 0 radical (unpaired) electrons. The van der Waals surface area contributed by atoms with Crippen LogP contribution in [-0.4, -0.2) is 31.6 Å². The predicted molar refractivity (Wildman–Crippen MR) is 82.8 cm³/mol. The smallest absolute Gasteiger partial charge is 0.119 e. The van der Waals surface area contributed by atoms with Crippen LogP contribution < -0.4 is 10.5 Å². The second-order valence-corrected chi connectivity index (χ2v) is 6.61. The van der Waals surface area contributed by atoms with Crippen LogP contribution in [0.2, 0.25) is 0 Å². The molecule has 1 aromatic carbocycles. The maximum absolute atomic E-state index is 5.76. The molecule has 2 N–H and O–H groups in total. The average Bonchev–Trinajstić information content (AvgIpc) is 3.03. The normalized spacial score (nSPS) is 28.2. The predicted octanol–water partition coefficient (Wildman–Crippen LogP) is 3.02. The van der Waals surface area contributed by atoms with Crippen molar-refractivity contribution in [3.8, 4) is 5.75 Å². The Morgan fingerprint density at radius 2 is 2.00 bits per heavy atom. The fourth-order valence-electron chi connectivity index (χ4n) is 3.98. The lowest BCUT2D eigenvalue weighted by Gasteiger charge is -2.27. The molecule has 3 rings (SSSR count). The molecular formula is C17H26N2O. The minimum Gasteiger partial charge on any atom is -0.492 e. The van der Waals surface area contributed by atoms with E-state index in [0.717, 1.165) is 42.3 Å². The summed E-state index contributed by atoms with van der Waals surface area (Å²) in [5.74, 6) is 3.91. The van der Waals surface area contributed by atoms with Crippen LogP contribution in [0.25, 0.3) is 0 Å². The van der Waals surface area contributed by atoms with Crippen LogP contribution >= 0.6 is 0 Å². The lowest BCUT2D eigenvalue weighted by atomic mass is 9.88. The summed E-state index contributed by atoms with van der Waals surface area (Å²) in [6.45, 7) is 2.99. The Hall–Kier alpha value is -1.22. The minimum atomic E-state index is 0.751. The zero-order valence-electron chi connectivity index (χ0n) is 12.4. The highest BCUT2D eigenvalue weighted by atomic mass is 16.5. The highest BCUT2D eigenvalue weighted by Gasteiger charge is 2.39. The average molecular weight is 274 g/mol. The number of nitrogen functional groups attached to an aromatic ring is 1. The van der Waals surface area contributed by atoms with Crippen LogP contribution in [0.1, 0.15) is 25.7 Å². The lowest BCUT2D eigenvalue weighted by Crippen LogP contribution is -2.31. The van der Waals surface area contributed by atoms with Crippen molar-refractivity contribution in [2.45, 2.75) is 25.7 Å². The third-order valence-corrected chi connectivity index (χ3v) is 5.05. The van der Waals surface area contributed by atoms with Gasteiger partial charge in [-0.05, 0) is 68.3 Å². The number of benzene rings is 1. The molecule has 2 bridgehead atoms. The molecule has 0 saturated heterocycles. The highest BCUT2D eigenvalue weighted by molar-refractivity contribution is 5.41. The number of nitrogens with zero attached hydrogens (tertiary/aromatic N) is 1. The third-order valence-electron chi connectivity index (χ3n) is 5.05. The van der Waals surface area contributed by atoms with E-state index < -0.39 is 0 Å². The summed E-state index contributed by atoms with van der Waals surface area (Å²) in [5.41, 5.74) is 6.44. The Balaban J connectivity index is 1.37. The maximum atomic E-state index is 5.76. The van der Waals surface area contributed by atoms with Gasteiger partial charge in [0.05, 0.1) is 0 Å². The second-order valence-electron chi connectivity index (χ2n) is 6.61. The summed E-state index contributed by atoms with van der Waals surface area (Å²) in [6.07, 6.45) is 5.94. The third kappa shape index (κ3) is 3.26. The van der Waals surface area contributed by atoms with Gasteiger partial charge >= 0.3 is 0 Å². The fraction of sp³-hybridized carbons (Fsp3) is 0.647. The molecule has 2 fully saturated rings. The van der Waals surface area contributed by atoms with Crippen molar-refractivity contribution in [2.24, 2.45) is 17.8 Å². The molecule has 2 aliphatic rings. The van der Waals surface area contributed by atoms with Crippen molar-refractivity contribution in [1.29, 1.82) is 0 Å². The van der Waals surface area contributed by atoms with Crippen molar-refractivity contribution >= 4 is 5.69 Å². The monoisotopic (exact) mass is 274 g/mol. The van der Waals surface area contributed by atoms with Gasteiger partial charge in [-0.15, -0.1) is 0 Å². The van der Waals surface area contributed by atoms with Crippen molar-refractivity contribution in [3.63, 3.8) is 0 Å². The van der Waals surface area contributed by atoms with Crippen molar-refractivity contribution in [3.05, 3.63) is 24.3 Å². The summed E-state index contributed by atoms with van der Waals surface area (Å²) in [5, 5.41) is 0. The highest BCUT2D eigenvalue weighted by Crippen LogP contribution is 2.48. The molecule has 2 aliphatic carbocycles. The number of anilines is 1. The van der Waals surface area contributed by atoms with E-state index in [1.807, 2.05) is 24.3 Å². The van der Waals surface area contributed by atoms with E-state index in [1.165, 1.54) is 32.2 Å². The first kappa shape index (κ1) is 13.7. The number of ether oxygens (including phenoxy) is 1. The van der Waals surface area contributed by atoms with Crippen LogP contribution in [-0.2, 0) is 0 Å². The topological polar surface area (TPSA) is 38.5 Å². The first-order valence-electron chi connectivity index (χ1n) is 7.87. The van der Waals surface area contributed by atoms with Crippen LogP contribution in [0.5, 0.6) is 5.75 Å². The first-order valence-corrected chi connectivity index (χ1v) is 7.87. The molecule has 1 aromatic rings. The van der Waals surface area contributed by atoms with E-state index in [-0.39, 0.29) is 0 Å². The Labute approximate surface area is 122 Å². The van der Waals surface area contributed by atoms with Crippen molar-refractivity contribution < 1.29 is 4.74 Å². The van der Waals surface area contributed by atoms with Gasteiger partial charge < -0.3 is 15.4 Å². The molecule has 0 spiro atoms. The van der Waals surface area contributed by atoms with E-state index in [9.17, 15) is 0 Å². The molecule has 2 saturated carbocycles. The zero-order chi connectivity index (χ0) is 13.9. The number of fused-ring (bicyclic) bond motifs is 2. The molecule has 3 heteroatoms. The number of hydrogen-bond donors (Lipinski definition) is 1. The van der Waals surface area contributed by atoms with E-state index in [0.29, 0.717) is 0 Å². The standard InChI is InChI=1S/C17H26N2O/c1-19(12-15-11-13-2-3-14(15)10-13)8-9-20-17-6-4-16(18)5-7-17/h4-7,13-15H,2-3,8-12,18H2,1H3. The number of nitrogens with two attached hydrogens (primary N) is 1. The zero-order valence-corrected chi connectivity index (χ0v) is 12.4. The van der Waals surface area contributed by atoms with Crippen LogP contribution in [0, 0.1) is 17.8 Å². The summed E-state index contributed by atoms with van der Waals surface area (Å²) < 4.78 is 5.76. The van der Waals surface area contributed by atoms with Crippen molar-refractivity contribution in [1.82, 2.24) is 4.90 Å². The summed E-state index contributed by atoms with van der Waals surface area (Å²) in [4.78, 5) is 2.43. The van der Waals surface area contributed by atoms with E-state index in [4.69, 9.17) is 10.5 Å². The molecule has 0 aliphatic heterocycles. The minimum absolute atomic E-state index is 0.751.